The van der Waals surface area contributed by atoms with Crippen molar-refractivity contribution in [1.82, 2.24) is 4.90 Å². The van der Waals surface area contributed by atoms with Crippen LogP contribution >= 0.6 is 0 Å². The maximum atomic E-state index is 13.8. The van der Waals surface area contributed by atoms with Gasteiger partial charge in [0.2, 0.25) is 5.91 Å². The highest BCUT2D eigenvalue weighted by Crippen LogP contribution is 2.32. The zero-order valence-electron chi connectivity index (χ0n) is 12.6. The average Bonchev–Trinajstić information content (AvgIpc) is 2.82. The Balaban J connectivity index is 1.90. The number of fused-ring (bicyclic) bond motifs is 1. The standard InChI is InChI=1S/C16H22FN3O/c1-10-7-15(13(11(2)18)8-14(10)17)19-5-6-20-12(9-19)3-4-16(20)21/h7-8,11-12H,3-6,9,18H2,1-2H3/t11-,12?/m1/s1. The number of aryl methyl sites for hydroxylation is 1. The molecule has 2 heterocycles. The molecule has 2 saturated heterocycles. The van der Waals surface area contributed by atoms with Crippen molar-refractivity contribution in [2.45, 2.75) is 38.8 Å². The maximum Gasteiger partial charge on any atom is 0.223 e. The number of anilines is 1. The van der Waals surface area contributed by atoms with Crippen LogP contribution in [0.25, 0.3) is 0 Å². The van der Waals surface area contributed by atoms with E-state index >= 15 is 0 Å². The molecular weight excluding hydrogens is 269 g/mol. The third-order valence-corrected chi connectivity index (χ3v) is 4.63. The van der Waals surface area contributed by atoms with E-state index in [0.29, 0.717) is 12.0 Å². The normalized spacial score (nSPS) is 23.4. The van der Waals surface area contributed by atoms with Crippen LogP contribution in [-0.4, -0.2) is 36.5 Å². The minimum absolute atomic E-state index is 0.208. The molecule has 21 heavy (non-hydrogen) atoms. The summed E-state index contributed by atoms with van der Waals surface area (Å²) in [5.74, 6) is 0.0584. The van der Waals surface area contributed by atoms with Gasteiger partial charge in [-0.05, 0) is 43.5 Å². The van der Waals surface area contributed by atoms with Gasteiger partial charge in [-0.15, -0.1) is 0 Å². The van der Waals surface area contributed by atoms with Crippen LogP contribution in [0.5, 0.6) is 0 Å². The summed E-state index contributed by atoms with van der Waals surface area (Å²) in [6, 6.07) is 3.53. The fraction of sp³-hybridized carbons (Fsp3) is 0.562. The smallest absolute Gasteiger partial charge is 0.223 e. The van der Waals surface area contributed by atoms with Crippen molar-refractivity contribution in [2.75, 3.05) is 24.5 Å². The van der Waals surface area contributed by atoms with Crippen molar-refractivity contribution in [3.63, 3.8) is 0 Å². The Hall–Kier alpha value is -1.62. The molecule has 0 bridgehead atoms. The van der Waals surface area contributed by atoms with E-state index in [1.54, 1.807) is 13.0 Å². The lowest BCUT2D eigenvalue weighted by atomic mass is 10.0. The average molecular weight is 291 g/mol. The summed E-state index contributed by atoms with van der Waals surface area (Å²) in [5.41, 5.74) is 8.51. The predicted molar refractivity (Wildman–Crippen MR) is 80.7 cm³/mol. The van der Waals surface area contributed by atoms with Gasteiger partial charge in [-0.1, -0.05) is 0 Å². The van der Waals surface area contributed by atoms with Crippen LogP contribution < -0.4 is 10.6 Å². The first kappa shape index (κ1) is 14.3. The lowest BCUT2D eigenvalue weighted by molar-refractivity contribution is -0.129. The highest BCUT2D eigenvalue weighted by molar-refractivity contribution is 5.79. The van der Waals surface area contributed by atoms with Crippen LogP contribution in [0.3, 0.4) is 0 Å². The Morgan fingerprint density at radius 1 is 1.38 bits per heavy atom. The second-order valence-corrected chi connectivity index (χ2v) is 6.17. The first-order valence-electron chi connectivity index (χ1n) is 7.57. The summed E-state index contributed by atoms with van der Waals surface area (Å²) in [6.07, 6.45) is 1.57. The number of nitrogens with zero attached hydrogens (tertiary/aromatic N) is 2. The SMILES string of the molecule is Cc1cc(N2CCN3C(=O)CCC3C2)c([C@@H](C)N)cc1F. The van der Waals surface area contributed by atoms with Gasteiger partial charge in [0.25, 0.3) is 0 Å². The largest absolute Gasteiger partial charge is 0.367 e. The topological polar surface area (TPSA) is 49.6 Å². The van der Waals surface area contributed by atoms with Gasteiger partial charge < -0.3 is 15.5 Å². The number of carbonyl (C=O) groups excluding carboxylic acids is 1. The van der Waals surface area contributed by atoms with Gasteiger partial charge in [-0.3, -0.25) is 4.79 Å². The van der Waals surface area contributed by atoms with Gasteiger partial charge >= 0.3 is 0 Å². The van der Waals surface area contributed by atoms with Gasteiger partial charge in [0.05, 0.1) is 0 Å². The van der Waals surface area contributed by atoms with Gasteiger partial charge in [-0.25, -0.2) is 4.39 Å². The van der Waals surface area contributed by atoms with Crippen LogP contribution in [0.15, 0.2) is 12.1 Å². The van der Waals surface area contributed by atoms with E-state index in [-0.39, 0.29) is 23.8 Å². The summed E-state index contributed by atoms with van der Waals surface area (Å²) >= 11 is 0. The lowest BCUT2D eigenvalue weighted by Crippen LogP contribution is -2.51. The summed E-state index contributed by atoms with van der Waals surface area (Å²) in [5, 5.41) is 0. The third-order valence-electron chi connectivity index (χ3n) is 4.63. The molecule has 0 aromatic heterocycles. The Labute approximate surface area is 124 Å². The lowest BCUT2D eigenvalue weighted by Gasteiger charge is -2.40. The van der Waals surface area contributed by atoms with E-state index in [0.717, 1.165) is 37.3 Å². The summed E-state index contributed by atoms with van der Waals surface area (Å²) in [7, 11) is 0. The predicted octanol–water partition coefficient (Wildman–Crippen LogP) is 1.96. The molecule has 1 aromatic rings. The van der Waals surface area contributed by atoms with Crippen LogP contribution in [0.2, 0.25) is 0 Å². The summed E-state index contributed by atoms with van der Waals surface area (Å²) in [6.45, 7) is 6.00. The molecule has 4 nitrogen and oxygen atoms in total. The molecule has 5 heteroatoms. The van der Waals surface area contributed by atoms with Gasteiger partial charge in [-0.2, -0.15) is 0 Å². The second kappa shape index (κ2) is 5.30. The summed E-state index contributed by atoms with van der Waals surface area (Å²) < 4.78 is 13.8. The molecule has 0 aliphatic carbocycles. The quantitative estimate of drug-likeness (QED) is 0.906. The minimum atomic E-state index is -0.210. The van der Waals surface area contributed by atoms with Gasteiger partial charge in [0.15, 0.2) is 0 Å². The molecule has 0 radical (unpaired) electrons. The minimum Gasteiger partial charge on any atom is -0.367 e. The van der Waals surface area contributed by atoms with Crippen molar-refractivity contribution in [3.8, 4) is 0 Å². The van der Waals surface area contributed by atoms with Crippen molar-refractivity contribution in [1.29, 1.82) is 0 Å². The number of carbonyl (C=O) groups is 1. The number of nitrogens with two attached hydrogens (primary N) is 1. The molecule has 2 atom stereocenters. The fourth-order valence-corrected chi connectivity index (χ4v) is 3.40. The Kier molecular flexibility index (Phi) is 3.61. The van der Waals surface area contributed by atoms with Crippen LogP contribution in [0.1, 0.15) is 36.9 Å². The van der Waals surface area contributed by atoms with Crippen LogP contribution in [-0.2, 0) is 4.79 Å². The van der Waals surface area contributed by atoms with Crippen molar-refractivity contribution in [2.24, 2.45) is 5.73 Å². The Morgan fingerprint density at radius 3 is 2.86 bits per heavy atom. The number of halogens is 1. The van der Waals surface area contributed by atoms with Crippen molar-refractivity contribution in [3.05, 3.63) is 29.1 Å². The van der Waals surface area contributed by atoms with Crippen LogP contribution in [0, 0.1) is 12.7 Å². The van der Waals surface area contributed by atoms with E-state index in [1.807, 2.05) is 17.9 Å². The number of piperazine rings is 1. The van der Waals surface area contributed by atoms with Gasteiger partial charge in [0.1, 0.15) is 5.82 Å². The molecule has 1 aromatic carbocycles. The second-order valence-electron chi connectivity index (χ2n) is 6.17. The van der Waals surface area contributed by atoms with Gasteiger partial charge in [0, 0.05) is 43.8 Å². The van der Waals surface area contributed by atoms with E-state index < -0.39 is 0 Å². The van der Waals surface area contributed by atoms with E-state index in [2.05, 4.69) is 4.90 Å². The third kappa shape index (κ3) is 2.50. The summed E-state index contributed by atoms with van der Waals surface area (Å²) in [4.78, 5) is 16.0. The number of hydrogen-bond donors (Lipinski definition) is 1. The molecule has 3 rings (SSSR count). The van der Waals surface area contributed by atoms with E-state index in [4.69, 9.17) is 5.73 Å². The molecule has 0 saturated carbocycles. The Bertz CT molecular complexity index is 573. The first-order valence-corrected chi connectivity index (χ1v) is 7.57. The molecule has 114 valence electrons. The number of benzene rings is 1. The monoisotopic (exact) mass is 291 g/mol. The fourth-order valence-electron chi connectivity index (χ4n) is 3.40. The van der Waals surface area contributed by atoms with E-state index in [1.165, 1.54) is 0 Å². The number of hydrogen-bond acceptors (Lipinski definition) is 3. The highest BCUT2D eigenvalue weighted by Gasteiger charge is 2.36. The number of amides is 1. The molecule has 2 aliphatic heterocycles. The zero-order chi connectivity index (χ0) is 15.1. The zero-order valence-corrected chi connectivity index (χ0v) is 12.6. The molecule has 2 aliphatic rings. The van der Waals surface area contributed by atoms with E-state index in [9.17, 15) is 9.18 Å². The molecule has 0 spiro atoms. The van der Waals surface area contributed by atoms with Crippen molar-refractivity contribution >= 4 is 11.6 Å². The molecule has 1 unspecified atom stereocenters. The highest BCUT2D eigenvalue weighted by atomic mass is 19.1. The maximum absolute atomic E-state index is 13.8. The Morgan fingerprint density at radius 2 is 2.14 bits per heavy atom. The first-order chi connectivity index (χ1) is 9.97. The van der Waals surface area contributed by atoms with Crippen LogP contribution in [0.4, 0.5) is 10.1 Å². The number of rotatable bonds is 2. The molecular formula is C16H22FN3O. The molecule has 2 N–H and O–H groups in total. The molecule has 1 amide bonds. The molecule has 2 fully saturated rings. The van der Waals surface area contributed by atoms with Crippen molar-refractivity contribution < 1.29 is 9.18 Å².